The molecule has 0 saturated carbocycles. The van der Waals surface area contributed by atoms with Crippen LogP contribution in [0.15, 0.2) is 84.9 Å². The largest absolute Gasteiger partial charge is 0.508 e. The van der Waals surface area contributed by atoms with Crippen molar-refractivity contribution in [1.29, 1.82) is 0 Å². The summed E-state index contributed by atoms with van der Waals surface area (Å²) in [4.78, 5) is 13.4. The maximum Gasteiger partial charge on any atom is 0.193 e. The number of rotatable bonds is 10. The second-order valence-electron chi connectivity index (χ2n) is 10.7. The molecule has 0 saturated heterocycles. The average molecular weight is 583 g/mol. The number of benzene rings is 4. The van der Waals surface area contributed by atoms with Crippen LogP contribution >= 0.6 is 0 Å². The van der Waals surface area contributed by atoms with Gasteiger partial charge in [0.15, 0.2) is 5.78 Å². The van der Waals surface area contributed by atoms with Gasteiger partial charge in [-0.3, -0.25) is 4.79 Å². The lowest BCUT2D eigenvalue weighted by Gasteiger charge is -2.35. The van der Waals surface area contributed by atoms with Gasteiger partial charge in [0.25, 0.3) is 0 Å². The predicted molar refractivity (Wildman–Crippen MR) is 162 cm³/mol. The first-order valence-electron chi connectivity index (χ1n) is 14.1. The number of aliphatic hydroxyl groups excluding tert-OH is 1. The Balaban J connectivity index is 1.47. The lowest BCUT2D eigenvalue weighted by molar-refractivity contribution is 0.103. The van der Waals surface area contributed by atoms with Crippen molar-refractivity contribution < 1.29 is 39.8 Å². The van der Waals surface area contributed by atoms with Crippen LogP contribution in [0.1, 0.15) is 63.9 Å². The van der Waals surface area contributed by atoms with E-state index in [2.05, 4.69) is 0 Å². The number of carbonyl (C=O) groups excluding carboxylic acids is 1. The van der Waals surface area contributed by atoms with E-state index in [0.29, 0.717) is 42.6 Å². The van der Waals surface area contributed by atoms with Crippen molar-refractivity contribution in [3.8, 4) is 34.5 Å². The molecule has 1 aliphatic heterocycles. The molecule has 1 heterocycles. The van der Waals surface area contributed by atoms with Gasteiger partial charge in [-0.15, -0.1) is 0 Å². The van der Waals surface area contributed by atoms with Crippen LogP contribution in [-0.2, 0) is 6.42 Å². The van der Waals surface area contributed by atoms with Crippen molar-refractivity contribution in [2.45, 2.75) is 43.8 Å². The van der Waals surface area contributed by atoms with Gasteiger partial charge in [0.2, 0.25) is 0 Å². The minimum Gasteiger partial charge on any atom is -0.508 e. The standard InChI is InChI=1S/C35H34O8/c1-42-31-20-32-33(35(41)34(31)29(40)17-7-22-4-12-26(37)13-5-22)24(19-30(43-32)23-8-15-27(38)16-9-23)18-28(39)14-6-21-2-10-25(36)11-3-21/h2-5,7-13,15-17,20,24,28,30,36-39,41H,6,14,18-19H2,1H3. The number of carbonyl (C=O) groups is 1. The van der Waals surface area contributed by atoms with E-state index in [9.17, 15) is 30.3 Å². The van der Waals surface area contributed by atoms with Crippen molar-refractivity contribution in [3.63, 3.8) is 0 Å². The van der Waals surface area contributed by atoms with Crippen molar-refractivity contribution in [2.75, 3.05) is 7.11 Å². The zero-order chi connectivity index (χ0) is 30.5. The highest BCUT2D eigenvalue weighted by Gasteiger charge is 2.36. The van der Waals surface area contributed by atoms with Crippen LogP contribution in [0.4, 0.5) is 0 Å². The van der Waals surface area contributed by atoms with Gasteiger partial charge in [0, 0.05) is 11.6 Å². The average Bonchev–Trinajstić information content (AvgIpc) is 3.00. The topological polar surface area (TPSA) is 137 Å². The van der Waals surface area contributed by atoms with Crippen LogP contribution in [0.25, 0.3) is 6.08 Å². The van der Waals surface area contributed by atoms with E-state index in [-0.39, 0.29) is 40.2 Å². The van der Waals surface area contributed by atoms with Crippen molar-refractivity contribution in [1.82, 2.24) is 0 Å². The molecule has 0 aliphatic carbocycles. The van der Waals surface area contributed by atoms with Crippen molar-refractivity contribution >= 4 is 11.9 Å². The fraction of sp³-hybridized carbons (Fsp3) is 0.229. The molecule has 0 fully saturated rings. The van der Waals surface area contributed by atoms with Crippen LogP contribution in [0.3, 0.4) is 0 Å². The first kappa shape index (κ1) is 29.5. The molecule has 43 heavy (non-hydrogen) atoms. The molecular weight excluding hydrogens is 548 g/mol. The number of phenols is 4. The Bertz CT molecular complexity index is 1590. The molecule has 0 amide bonds. The summed E-state index contributed by atoms with van der Waals surface area (Å²) in [6.45, 7) is 0. The van der Waals surface area contributed by atoms with Gasteiger partial charge in [0.1, 0.15) is 46.2 Å². The number of aryl methyl sites for hydroxylation is 1. The Morgan fingerprint density at radius 3 is 2.16 bits per heavy atom. The number of fused-ring (bicyclic) bond motifs is 1. The summed E-state index contributed by atoms with van der Waals surface area (Å²) >= 11 is 0. The van der Waals surface area contributed by atoms with E-state index in [1.54, 1.807) is 60.7 Å². The van der Waals surface area contributed by atoms with Crippen LogP contribution in [0, 0.1) is 0 Å². The summed E-state index contributed by atoms with van der Waals surface area (Å²) in [5, 5.41) is 51.6. The fourth-order valence-electron chi connectivity index (χ4n) is 5.50. The Morgan fingerprint density at radius 2 is 1.53 bits per heavy atom. The van der Waals surface area contributed by atoms with Gasteiger partial charge < -0.3 is 35.0 Å². The molecule has 1 aliphatic rings. The molecule has 8 nitrogen and oxygen atoms in total. The summed E-state index contributed by atoms with van der Waals surface area (Å²) in [6.07, 6.45) is 3.55. The van der Waals surface area contributed by atoms with E-state index in [1.807, 2.05) is 12.1 Å². The van der Waals surface area contributed by atoms with Gasteiger partial charge in [-0.2, -0.15) is 0 Å². The predicted octanol–water partition coefficient (Wildman–Crippen LogP) is 6.40. The molecule has 0 aromatic heterocycles. The number of hydrogen-bond donors (Lipinski definition) is 5. The molecule has 0 bridgehead atoms. The van der Waals surface area contributed by atoms with Crippen LogP contribution in [0.2, 0.25) is 0 Å². The normalized spacial score (nSPS) is 16.8. The smallest absolute Gasteiger partial charge is 0.193 e. The summed E-state index contributed by atoms with van der Waals surface area (Å²) in [6, 6.07) is 21.5. The van der Waals surface area contributed by atoms with E-state index in [4.69, 9.17) is 9.47 Å². The highest BCUT2D eigenvalue weighted by Crippen LogP contribution is 2.51. The molecule has 3 unspecified atom stereocenters. The summed E-state index contributed by atoms with van der Waals surface area (Å²) in [7, 11) is 1.41. The number of allylic oxidation sites excluding steroid dienone is 1. The second-order valence-corrected chi connectivity index (χ2v) is 10.7. The van der Waals surface area contributed by atoms with E-state index < -0.39 is 18.0 Å². The van der Waals surface area contributed by atoms with Gasteiger partial charge in [-0.05, 0) is 90.8 Å². The van der Waals surface area contributed by atoms with Crippen molar-refractivity contribution in [3.05, 3.63) is 113 Å². The zero-order valence-corrected chi connectivity index (χ0v) is 23.7. The van der Waals surface area contributed by atoms with Crippen LogP contribution in [0.5, 0.6) is 34.5 Å². The first-order chi connectivity index (χ1) is 20.7. The Hall–Kier alpha value is -4.95. The van der Waals surface area contributed by atoms with Gasteiger partial charge in [-0.25, -0.2) is 0 Å². The highest BCUT2D eigenvalue weighted by molar-refractivity contribution is 6.11. The van der Waals surface area contributed by atoms with E-state index in [0.717, 1.165) is 11.1 Å². The van der Waals surface area contributed by atoms with Crippen LogP contribution < -0.4 is 9.47 Å². The lowest BCUT2D eigenvalue weighted by atomic mass is 9.81. The molecular formula is C35H34O8. The Morgan fingerprint density at radius 1 is 0.930 bits per heavy atom. The molecule has 0 spiro atoms. The third-order valence-corrected chi connectivity index (χ3v) is 7.75. The zero-order valence-electron chi connectivity index (χ0n) is 23.7. The minimum atomic E-state index is -0.722. The summed E-state index contributed by atoms with van der Waals surface area (Å²) in [5.74, 6) is -0.174. The molecule has 5 N–H and O–H groups in total. The first-order valence-corrected chi connectivity index (χ1v) is 14.1. The molecule has 4 aromatic rings. The van der Waals surface area contributed by atoms with E-state index >= 15 is 0 Å². The Kier molecular flexibility index (Phi) is 8.87. The fourth-order valence-corrected chi connectivity index (χ4v) is 5.50. The molecule has 0 radical (unpaired) electrons. The minimum absolute atomic E-state index is 0.00783. The highest BCUT2D eigenvalue weighted by atomic mass is 16.5. The van der Waals surface area contributed by atoms with E-state index in [1.165, 1.54) is 25.3 Å². The molecule has 4 aromatic carbocycles. The quantitative estimate of drug-likeness (QED) is 0.107. The molecule has 5 rings (SSSR count). The number of methoxy groups -OCH3 is 1. The molecule has 8 heteroatoms. The lowest BCUT2D eigenvalue weighted by Crippen LogP contribution is -2.23. The third-order valence-electron chi connectivity index (χ3n) is 7.75. The van der Waals surface area contributed by atoms with Gasteiger partial charge in [-0.1, -0.05) is 42.5 Å². The van der Waals surface area contributed by atoms with Crippen molar-refractivity contribution in [2.24, 2.45) is 0 Å². The number of phenolic OH excluding ortho intramolecular Hbond substituents is 4. The second kappa shape index (κ2) is 12.9. The maximum atomic E-state index is 13.4. The van der Waals surface area contributed by atoms with Gasteiger partial charge in [0.05, 0.1) is 13.2 Å². The number of hydrogen-bond acceptors (Lipinski definition) is 8. The molecule has 222 valence electrons. The number of ether oxygens (including phenoxy) is 2. The SMILES string of the molecule is COc1cc2c(c(O)c1C(=O)C=Cc1ccc(O)cc1)C(CC(O)CCc1ccc(O)cc1)CC(c1ccc(O)cc1)O2. The molecule has 3 atom stereocenters. The Labute approximate surface area is 249 Å². The van der Waals surface area contributed by atoms with Gasteiger partial charge >= 0.3 is 0 Å². The number of aromatic hydroxyl groups is 4. The number of aliphatic hydroxyl groups is 1. The monoisotopic (exact) mass is 582 g/mol. The summed E-state index contributed by atoms with van der Waals surface area (Å²) < 4.78 is 11.9. The summed E-state index contributed by atoms with van der Waals surface area (Å²) in [5.41, 5.74) is 2.92. The van der Waals surface area contributed by atoms with Crippen LogP contribution in [-0.4, -0.2) is 44.5 Å². The maximum absolute atomic E-state index is 13.4. The number of ketones is 1. The third kappa shape index (κ3) is 6.93.